The van der Waals surface area contributed by atoms with E-state index in [4.69, 9.17) is 27.9 Å². The van der Waals surface area contributed by atoms with Gasteiger partial charge in [0.2, 0.25) is 0 Å². The largest absolute Gasteiger partial charge is 0.488 e. The molecule has 0 radical (unpaired) electrons. The number of carboxylic acids is 1. The van der Waals surface area contributed by atoms with E-state index in [0.717, 1.165) is 47.3 Å². The fourth-order valence-corrected chi connectivity index (χ4v) is 3.95. The number of aromatic nitrogens is 1. The second-order valence-corrected chi connectivity index (χ2v) is 7.95. The van der Waals surface area contributed by atoms with Gasteiger partial charge in [0.15, 0.2) is 0 Å². The summed E-state index contributed by atoms with van der Waals surface area (Å²) >= 11 is 12.3. The van der Waals surface area contributed by atoms with Crippen molar-refractivity contribution in [3.05, 3.63) is 93.2 Å². The SMILES string of the molecule is O=C(O)c1cccc(C2=C(c3cc(Cl)ccc3OCc3ccc(Cl)cc3)CCC2)n1. The van der Waals surface area contributed by atoms with Crippen LogP contribution in [-0.4, -0.2) is 16.1 Å². The molecule has 0 saturated carbocycles. The Morgan fingerprint density at radius 2 is 1.70 bits per heavy atom. The lowest BCUT2D eigenvalue weighted by molar-refractivity contribution is 0.0690. The molecule has 1 N–H and O–H groups in total. The molecule has 1 aliphatic rings. The molecule has 4 nitrogen and oxygen atoms in total. The highest BCUT2D eigenvalue weighted by Gasteiger charge is 2.22. The molecule has 0 atom stereocenters. The quantitative estimate of drug-likeness (QED) is 0.460. The van der Waals surface area contributed by atoms with Gasteiger partial charge in [0, 0.05) is 15.6 Å². The summed E-state index contributed by atoms with van der Waals surface area (Å²) in [7, 11) is 0. The van der Waals surface area contributed by atoms with Crippen molar-refractivity contribution in [2.75, 3.05) is 0 Å². The molecule has 2 aromatic carbocycles. The van der Waals surface area contributed by atoms with Gasteiger partial charge in [-0.1, -0.05) is 41.4 Å². The summed E-state index contributed by atoms with van der Waals surface area (Å²) in [4.78, 5) is 15.7. The Hall–Kier alpha value is -2.82. The van der Waals surface area contributed by atoms with Crippen LogP contribution in [0.2, 0.25) is 10.0 Å². The second kappa shape index (κ2) is 8.90. The number of hydrogen-bond acceptors (Lipinski definition) is 3. The molecule has 30 heavy (non-hydrogen) atoms. The summed E-state index contributed by atoms with van der Waals surface area (Å²) < 4.78 is 6.13. The van der Waals surface area contributed by atoms with Gasteiger partial charge in [0.1, 0.15) is 18.1 Å². The Labute approximate surface area is 184 Å². The molecule has 6 heteroatoms. The lowest BCUT2D eigenvalue weighted by Crippen LogP contribution is -2.02. The van der Waals surface area contributed by atoms with Crippen molar-refractivity contribution in [3.63, 3.8) is 0 Å². The Bertz CT molecular complexity index is 1120. The van der Waals surface area contributed by atoms with Crippen molar-refractivity contribution >= 4 is 40.3 Å². The predicted molar refractivity (Wildman–Crippen MR) is 119 cm³/mol. The molecular formula is C24H19Cl2NO3. The van der Waals surface area contributed by atoms with Gasteiger partial charge >= 0.3 is 5.97 Å². The van der Waals surface area contributed by atoms with Gasteiger partial charge in [-0.05, 0) is 78.4 Å². The van der Waals surface area contributed by atoms with Gasteiger partial charge in [-0.25, -0.2) is 9.78 Å². The zero-order valence-electron chi connectivity index (χ0n) is 16.1. The van der Waals surface area contributed by atoms with Crippen LogP contribution in [-0.2, 0) is 6.61 Å². The third-order valence-electron chi connectivity index (χ3n) is 5.07. The molecule has 1 aromatic heterocycles. The number of allylic oxidation sites excluding steroid dienone is 2. The van der Waals surface area contributed by atoms with E-state index in [-0.39, 0.29) is 5.69 Å². The average Bonchev–Trinajstić information content (AvgIpc) is 3.24. The molecule has 0 amide bonds. The molecule has 3 aromatic rings. The number of halogens is 2. The fourth-order valence-electron chi connectivity index (χ4n) is 3.65. The summed E-state index contributed by atoms with van der Waals surface area (Å²) in [5.41, 5.74) is 4.79. The van der Waals surface area contributed by atoms with Gasteiger partial charge < -0.3 is 9.84 Å². The number of pyridine rings is 1. The highest BCUT2D eigenvalue weighted by atomic mass is 35.5. The van der Waals surface area contributed by atoms with Crippen LogP contribution in [0.1, 0.15) is 46.6 Å². The second-order valence-electron chi connectivity index (χ2n) is 7.08. The fraction of sp³-hybridized carbons (Fsp3) is 0.167. The molecule has 0 bridgehead atoms. The predicted octanol–water partition coefficient (Wildman–Crippen LogP) is 6.76. The standard InChI is InChI=1S/C24H19Cl2NO3/c25-16-9-7-15(8-10-16)14-30-23-12-11-17(26)13-20(23)18-3-1-4-19(18)21-5-2-6-22(27-21)24(28)29/h2,5-13H,1,3-4,14H2,(H,28,29). The van der Waals surface area contributed by atoms with Crippen molar-refractivity contribution in [2.45, 2.75) is 25.9 Å². The Morgan fingerprint density at radius 3 is 2.47 bits per heavy atom. The Kier molecular flexibility index (Phi) is 6.07. The van der Waals surface area contributed by atoms with Crippen molar-refractivity contribution in [3.8, 4) is 5.75 Å². The first-order valence-electron chi connectivity index (χ1n) is 9.61. The van der Waals surface area contributed by atoms with Crippen LogP contribution in [0.3, 0.4) is 0 Å². The van der Waals surface area contributed by atoms with Gasteiger partial charge in [0.25, 0.3) is 0 Å². The van der Waals surface area contributed by atoms with Crippen molar-refractivity contribution in [1.29, 1.82) is 0 Å². The van der Waals surface area contributed by atoms with Crippen LogP contribution in [0.5, 0.6) is 5.75 Å². The van der Waals surface area contributed by atoms with Crippen LogP contribution >= 0.6 is 23.2 Å². The van der Waals surface area contributed by atoms with E-state index >= 15 is 0 Å². The van der Waals surface area contributed by atoms with Gasteiger partial charge in [-0.2, -0.15) is 0 Å². The van der Waals surface area contributed by atoms with E-state index in [1.54, 1.807) is 12.1 Å². The maximum Gasteiger partial charge on any atom is 0.354 e. The van der Waals surface area contributed by atoms with E-state index in [1.165, 1.54) is 6.07 Å². The maximum absolute atomic E-state index is 11.3. The lowest BCUT2D eigenvalue weighted by atomic mass is 9.99. The minimum Gasteiger partial charge on any atom is -0.488 e. The van der Waals surface area contributed by atoms with Crippen molar-refractivity contribution in [2.24, 2.45) is 0 Å². The van der Waals surface area contributed by atoms with Gasteiger partial charge in [0.05, 0.1) is 5.69 Å². The zero-order valence-corrected chi connectivity index (χ0v) is 17.6. The summed E-state index contributed by atoms with van der Waals surface area (Å²) in [6, 6.07) is 18.2. The molecule has 0 saturated heterocycles. The van der Waals surface area contributed by atoms with E-state index in [1.807, 2.05) is 42.5 Å². The minimum atomic E-state index is -1.04. The average molecular weight is 440 g/mol. The number of ether oxygens (including phenoxy) is 1. The molecular weight excluding hydrogens is 421 g/mol. The summed E-state index contributed by atoms with van der Waals surface area (Å²) in [6.07, 6.45) is 2.65. The lowest BCUT2D eigenvalue weighted by Gasteiger charge is -2.15. The molecule has 0 spiro atoms. The van der Waals surface area contributed by atoms with E-state index in [2.05, 4.69) is 4.98 Å². The molecule has 0 aliphatic heterocycles. The zero-order chi connectivity index (χ0) is 21.1. The number of rotatable bonds is 6. The number of benzene rings is 2. The summed E-state index contributed by atoms with van der Waals surface area (Å²) in [5, 5.41) is 10.6. The minimum absolute atomic E-state index is 0.0385. The van der Waals surface area contributed by atoms with Crippen molar-refractivity contribution in [1.82, 2.24) is 4.98 Å². The Morgan fingerprint density at radius 1 is 0.967 bits per heavy atom. The highest BCUT2D eigenvalue weighted by molar-refractivity contribution is 6.31. The van der Waals surface area contributed by atoms with Gasteiger partial charge in [-0.3, -0.25) is 0 Å². The maximum atomic E-state index is 11.3. The first-order chi connectivity index (χ1) is 14.5. The van der Waals surface area contributed by atoms with Crippen LogP contribution < -0.4 is 4.74 Å². The monoisotopic (exact) mass is 439 g/mol. The highest BCUT2D eigenvalue weighted by Crippen LogP contribution is 2.43. The molecule has 4 rings (SSSR count). The van der Waals surface area contributed by atoms with Crippen LogP contribution in [0.4, 0.5) is 0 Å². The number of hydrogen-bond donors (Lipinski definition) is 1. The van der Waals surface area contributed by atoms with Gasteiger partial charge in [-0.15, -0.1) is 0 Å². The van der Waals surface area contributed by atoms with Crippen molar-refractivity contribution < 1.29 is 14.6 Å². The Balaban J connectivity index is 1.70. The normalized spacial score (nSPS) is 13.5. The number of carbonyl (C=O) groups is 1. The molecule has 1 aliphatic carbocycles. The van der Waals surface area contributed by atoms with Crippen LogP contribution in [0.15, 0.2) is 60.7 Å². The third kappa shape index (κ3) is 4.50. The summed E-state index contributed by atoms with van der Waals surface area (Å²) in [5.74, 6) is -0.301. The number of carboxylic acid groups (broad SMARTS) is 1. The van der Waals surface area contributed by atoms with Crippen LogP contribution in [0.25, 0.3) is 11.1 Å². The number of aromatic carboxylic acids is 1. The summed E-state index contributed by atoms with van der Waals surface area (Å²) in [6.45, 7) is 0.404. The first kappa shape index (κ1) is 20.5. The van der Waals surface area contributed by atoms with E-state index in [0.29, 0.717) is 22.3 Å². The smallest absolute Gasteiger partial charge is 0.354 e. The third-order valence-corrected chi connectivity index (χ3v) is 5.56. The topological polar surface area (TPSA) is 59.4 Å². The molecule has 0 unspecified atom stereocenters. The van der Waals surface area contributed by atoms with Crippen LogP contribution in [0, 0.1) is 0 Å². The van der Waals surface area contributed by atoms with E-state index in [9.17, 15) is 9.90 Å². The molecule has 0 fully saturated rings. The molecule has 1 heterocycles. The van der Waals surface area contributed by atoms with E-state index < -0.39 is 5.97 Å². The molecule has 152 valence electrons. The number of nitrogens with zero attached hydrogens (tertiary/aromatic N) is 1. The first-order valence-corrected chi connectivity index (χ1v) is 10.4.